The summed E-state index contributed by atoms with van der Waals surface area (Å²) < 4.78 is 5.58. The summed E-state index contributed by atoms with van der Waals surface area (Å²) in [5.41, 5.74) is 1.64. The Balaban J connectivity index is 1.40. The van der Waals surface area contributed by atoms with Crippen molar-refractivity contribution in [2.75, 3.05) is 37.6 Å². The molecule has 2 N–H and O–H groups in total. The molecule has 148 valence electrons. The molecular formula is C20H25N5O3. The molecule has 2 aromatic rings. The van der Waals surface area contributed by atoms with E-state index >= 15 is 0 Å². The largest absolute Gasteiger partial charge is 0.460 e. The third-order valence-electron chi connectivity index (χ3n) is 6.53. The predicted octanol–water partition coefficient (Wildman–Crippen LogP) is 0.977. The minimum Gasteiger partial charge on any atom is -0.460 e. The van der Waals surface area contributed by atoms with Crippen molar-refractivity contribution in [1.29, 1.82) is 0 Å². The number of nitrogens with one attached hydrogen (secondary N) is 2. The van der Waals surface area contributed by atoms with Crippen molar-refractivity contribution < 1.29 is 14.0 Å². The lowest BCUT2D eigenvalue weighted by atomic mass is 9.79. The van der Waals surface area contributed by atoms with Gasteiger partial charge < -0.3 is 20.0 Å². The van der Waals surface area contributed by atoms with Gasteiger partial charge in [0, 0.05) is 30.6 Å². The molecular weight excluding hydrogens is 358 g/mol. The van der Waals surface area contributed by atoms with E-state index in [0.29, 0.717) is 42.0 Å². The normalized spacial score (nSPS) is 30.0. The van der Waals surface area contributed by atoms with Crippen LogP contribution in [-0.4, -0.2) is 66.5 Å². The Hall–Kier alpha value is -2.45. The number of furan rings is 1. The van der Waals surface area contributed by atoms with E-state index in [4.69, 9.17) is 4.42 Å². The molecule has 0 radical (unpaired) electrons. The molecule has 4 fully saturated rings. The lowest BCUT2D eigenvalue weighted by molar-refractivity contribution is -0.118. The van der Waals surface area contributed by atoms with Crippen molar-refractivity contribution in [1.82, 2.24) is 20.5 Å². The fraction of sp³-hybridized carbons (Fsp3) is 0.550. The molecule has 0 aliphatic carbocycles. The van der Waals surface area contributed by atoms with Crippen LogP contribution in [0.2, 0.25) is 0 Å². The van der Waals surface area contributed by atoms with Crippen LogP contribution >= 0.6 is 0 Å². The number of amides is 2. The molecule has 2 amide bonds. The maximum Gasteiger partial charge on any atom is 0.270 e. The summed E-state index contributed by atoms with van der Waals surface area (Å²) >= 11 is 0. The van der Waals surface area contributed by atoms with Gasteiger partial charge in [-0.05, 0) is 44.8 Å². The van der Waals surface area contributed by atoms with Gasteiger partial charge >= 0.3 is 0 Å². The lowest BCUT2D eigenvalue weighted by Crippen LogP contribution is -2.62. The predicted molar refractivity (Wildman–Crippen MR) is 104 cm³/mol. The smallest absolute Gasteiger partial charge is 0.270 e. The average Bonchev–Trinajstić information content (AvgIpc) is 3.14. The third-order valence-corrected chi connectivity index (χ3v) is 6.53. The van der Waals surface area contributed by atoms with Crippen LogP contribution in [0.1, 0.15) is 30.3 Å². The molecule has 0 unspecified atom stereocenters. The van der Waals surface area contributed by atoms with Crippen molar-refractivity contribution >= 4 is 28.5 Å². The first kappa shape index (κ1) is 17.6. The van der Waals surface area contributed by atoms with Crippen molar-refractivity contribution in [3.63, 3.8) is 0 Å². The molecule has 4 aliphatic rings. The van der Waals surface area contributed by atoms with Crippen LogP contribution < -0.4 is 15.5 Å². The van der Waals surface area contributed by atoms with E-state index in [1.165, 1.54) is 0 Å². The van der Waals surface area contributed by atoms with Crippen LogP contribution in [0.15, 0.2) is 22.9 Å². The fourth-order valence-electron chi connectivity index (χ4n) is 4.88. The zero-order valence-electron chi connectivity index (χ0n) is 16.0. The molecule has 4 saturated heterocycles. The lowest BCUT2D eigenvalue weighted by Gasteiger charge is -2.49. The average molecular weight is 383 g/mol. The number of anilines is 1. The maximum atomic E-state index is 12.9. The highest BCUT2D eigenvalue weighted by atomic mass is 16.3. The van der Waals surface area contributed by atoms with Gasteiger partial charge in [-0.1, -0.05) is 0 Å². The molecule has 28 heavy (non-hydrogen) atoms. The number of pyridine rings is 1. The first-order valence-electron chi connectivity index (χ1n) is 10.0. The minimum atomic E-state index is -0.161. The molecule has 2 aromatic heterocycles. The highest BCUT2D eigenvalue weighted by Crippen LogP contribution is 2.33. The number of piperidine rings is 3. The first-order chi connectivity index (χ1) is 13.6. The molecule has 8 nitrogen and oxygen atoms in total. The Morgan fingerprint density at radius 1 is 1.32 bits per heavy atom. The van der Waals surface area contributed by atoms with Crippen LogP contribution in [0.5, 0.6) is 0 Å². The summed E-state index contributed by atoms with van der Waals surface area (Å²) in [7, 11) is 0. The van der Waals surface area contributed by atoms with Crippen LogP contribution in [0.4, 0.5) is 5.69 Å². The van der Waals surface area contributed by atoms with Gasteiger partial charge in [0.15, 0.2) is 5.58 Å². The second kappa shape index (κ2) is 6.86. The highest BCUT2D eigenvalue weighted by Gasteiger charge is 2.40. The van der Waals surface area contributed by atoms with Gasteiger partial charge in [-0.25, -0.2) is 4.98 Å². The van der Waals surface area contributed by atoms with Crippen LogP contribution in [-0.2, 0) is 4.79 Å². The third kappa shape index (κ3) is 2.87. The number of hydrogen-bond acceptors (Lipinski definition) is 6. The highest BCUT2D eigenvalue weighted by molar-refractivity contribution is 6.05. The molecule has 8 heteroatoms. The number of fused-ring (bicyclic) bond motifs is 4. The molecule has 2 atom stereocenters. The quantitative estimate of drug-likeness (QED) is 0.821. The van der Waals surface area contributed by atoms with Gasteiger partial charge in [0.05, 0.1) is 18.4 Å². The van der Waals surface area contributed by atoms with E-state index < -0.39 is 0 Å². The summed E-state index contributed by atoms with van der Waals surface area (Å²) in [4.78, 5) is 33.6. The van der Waals surface area contributed by atoms with Crippen molar-refractivity contribution in [2.24, 2.45) is 5.92 Å². The van der Waals surface area contributed by atoms with E-state index in [1.54, 1.807) is 23.4 Å². The Kier molecular flexibility index (Phi) is 4.32. The van der Waals surface area contributed by atoms with E-state index in [-0.39, 0.29) is 17.9 Å². The van der Waals surface area contributed by atoms with Gasteiger partial charge in [-0.3, -0.25) is 14.5 Å². The first-order valence-corrected chi connectivity index (χ1v) is 10.0. The van der Waals surface area contributed by atoms with Gasteiger partial charge in [0.25, 0.3) is 5.91 Å². The standard InChI is InChI=1S/C20H25N5O3/c1-12-19(13-2-5-24(12)6-3-13)23-20(27)15-8-14-16(11-28-17(14)9-22-15)25-7-4-21-10-18(25)26/h8-9,11-13,19,21H,2-7,10H2,1H3,(H,23,27)/t12-,19+/m1/s1. The number of nitrogens with zero attached hydrogens (tertiary/aromatic N) is 3. The minimum absolute atomic E-state index is 0.00197. The summed E-state index contributed by atoms with van der Waals surface area (Å²) in [5, 5.41) is 7.03. The summed E-state index contributed by atoms with van der Waals surface area (Å²) in [6.45, 7) is 6.06. The van der Waals surface area contributed by atoms with Gasteiger partial charge in [-0.15, -0.1) is 0 Å². The Labute approximate surface area is 163 Å². The summed E-state index contributed by atoms with van der Waals surface area (Å²) in [6.07, 6.45) is 5.42. The Bertz CT molecular complexity index is 916. The molecule has 0 aromatic carbocycles. The molecule has 6 rings (SSSR count). The number of aromatic nitrogens is 1. The number of hydrogen-bond donors (Lipinski definition) is 2. The zero-order valence-corrected chi connectivity index (χ0v) is 16.0. The number of carbonyl (C=O) groups excluding carboxylic acids is 2. The van der Waals surface area contributed by atoms with Crippen molar-refractivity contribution in [3.05, 3.63) is 24.2 Å². The molecule has 4 aliphatic heterocycles. The second-order valence-corrected chi connectivity index (χ2v) is 8.02. The number of piperazine rings is 1. The molecule has 0 spiro atoms. The van der Waals surface area contributed by atoms with Gasteiger partial charge in [0.2, 0.25) is 5.91 Å². The van der Waals surface area contributed by atoms with Crippen molar-refractivity contribution in [3.8, 4) is 0 Å². The Morgan fingerprint density at radius 3 is 2.89 bits per heavy atom. The van der Waals surface area contributed by atoms with Gasteiger partial charge in [0.1, 0.15) is 12.0 Å². The topological polar surface area (TPSA) is 90.7 Å². The second-order valence-electron chi connectivity index (χ2n) is 8.02. The number of rotatable bonds is 3. The molecule has 0 saturated carbocycles. The fourth-order valence-corrected chi connectivity index (χ4v) is 4.88. The van der Waals surface area contributed by atoms with E-state index in [2.05, 4.69) is 27.4 Å². The van der Waals surface area contributed by atoms with E-state index in [0.717, 1.165) is 37.9 Å². The van der Waals surface area contributed by atoms with E-state index in [1.807, 2.05) is 0 Å². The van der Waals surface area contributed by atoms with Crippen LogP contribution in [0.3, 0.4) is 0 Å². The molecule has 2 bridgehead atoms. The Morgan fingerprint density at radius 2 is 2.14 bits per heavy atom. The summed E-state index contributed by atoms with van der Waals surface area (Å²) in [5.74, 6) is 0.375. The van der Waals surface area contributed by atoms with Gasteiger partial charge in [-0.2, -0.15) is 0 Å². The van der Waals surface area contributed by atoms with E-state index in [9.17, 15) is 9.59 Å². The summed E-state index contributed by atoms with van der Waals surface area (Å²) in [6, 6.07) is 2.25. The maximum absolute atomic E-state index is 12.9. The van der Waals surface area contributed by atoms with Crippen LogP contribution in [0.25, 0.3) is 11.0 Å². The van der Waals surface area contributed by atoms with Crippen LogP contribution in [0, 0.1) is 5.92 Å². The monoisotopic (exact) mass is 383 g/mol. The SMILES string of the molecule is C[C@@H]1[C@H](NC(=O)c2cc3c(N4CCNCC4=O)coc3cn2)C2CCN1CC2. The molecule has 6 heterocycles. The van der Waals surface area contributed by atoms with Crippen molar-refractivity contribution in [2.45, 2.75) is 31.8 Å². The number of carbonyl (C=O) groups is 2. The zero-order chi connectivity index (χ0) is 19.3.